The minimum absolute atomic E-state index is 0.00561. The fraction of sp³-hybridized carbons (Fsp3) is 0.833. The molecule has 0 aliphatic carbocycles. The third-order valence-corrected chi connectivity index (χ3v) is 2.30. The summed E-state index contributed by atoms with van der Waals surface area (Å²) in [5.41, 5.74) is 5.56. The first-order valence-corrected chi connectivity index (χ1v) is 6.35. The van der Waals surface area contributed by atoms with E-state index in [2.05, 4.69) is 10.6 Å². The van der Waals surface area contributed by atoms with Crippen LogP contribution in [0.15, 0.2) is 0 Å². The topological polar surface area (TPSA) is 84.2 Å². The van der Waals surface area contributed by atoms with Crippen molar-refractivity contribution in [3.63, 3.8) is 0 Å². The summed E-state index contributed by atoms with van der Waals surface area (Å²) in [6.07, 6.45) is 3.13. The van der Waals surface area contributed by atoms with Gasteiger partial charge in [0, 0.05) is 32.0 Å². The van der Waals surface area contributed by atoms with E-state index in [-0.39, 0.29) is 17.9 Å². The molecule has 0 aromatic carbocycles. The highest BCUT2D eigenvalue weighted by Gasteiger charge is 2.04. The van der Waals surface area contributed by atoms with Gasteiger partial charge in [-0.25, -0.2) is 0 Å². The van der Waals surface area contributed by atoms with Crippen molar-refractivity contribution in [2.75, 3.05) is 13.1 Å². The Labute approximate surface area is 104 Å². The fourth-order valence-corrected chi connectivity index (χ4v) is 1.29. The minimum atomic E-state index is -0.00561. The van der Waals surface area contributed by atoms with Crippen molar-refractivity contribution >= 4 is 11.8 Å². The standard InChI is InChI=1S/C12H25N3O2/c1-3-8-14-11(16)5-4-6-12(17)15-9-7-10(2)13/h10H,3-9,13H2,1-2H3,(H,14,16)(H,15,17). The average molecular weight is 243 g/mol. The van der Waals surface area contributed by atoms with Gasteiger partial charge < -0.3 is 16.4 Å². The molecule has 100 valence electrons. The Morgan fingerprint density at radius 2 is 1.65 bits per heavy atom. The molecule has 1 atom stereocenters. The van der Waals surface area contributed by atoms with Gasteiger partial charge in [-0.1, -0.05) is 6.92 Å². The largest absolute Gasteiger partial charge is 0.356 e. The van der Waals surface area contributed by atoms with Gasteiger partial charge >= 0.3 is 0 Å². The summed E-state index contributed by atoms with van der Waals surface area (Å²) in [5.74, 6) is 0.0178. The highest BCUT2D eigenvalue weighted by molar-refractivity contribution is 5.78. The predicted molar refractivity (Wildman–Crippen MR) is 68.4 cm³/mol. The molecule has 0 aromatic heterocycles. The van der Waals surface area contributed by atoms with Crippen LogP contribution in [0.25, 0.3) is 0 Å². The molecule has 0 saturated carbocycles. The Kier molecular flexibility index (Phi) is 9.43. The van der Waals surface area contributed by atoms with Crippen LogP contribution in [0.1, 0.15) is 46.0 Å². The van der Waals surface area contributed by atoms with E-state index in [1.807, 2.05) is 13.8 Å². The second kappa shape index (κ2) is 10.1. The van der Waals surface area contributed by atoms with Crippen LogP contribution < -0.4 is 16.4 Å². The van der Waals surface area contributed by atoms with Crippen molar-refractivity contribution < 1.29 is 9.59 Å². The van der Waals surface area contributed by atoms with Gasteiger partial charge in [0.05, 0.1) is 0 Å². The van der Waals surface area contributed by atoms with Gasteiger partial charge in [0.1, 0.15) is 0 Å². The number of hydrogen-bond acceptors (Lipinski definition) is 3. The lowest BCUT2D eigenvalue weighted by atomic mass is 10.2. The number of nitrogens with one attached hydrogen (secondary N) is 2. The van der Waals surface area contributed by atoms with Crippen LogP contribution in [-0.2, 0) is 9.59 Å². The van der Waals surface area contributed by atoms with E-state index >= 15 is 0 Å². The third kappa shape index (κ3) is 11.2. The number of hydrogen-bond donors (Lipinski definition) is 3. The molecule has 0 bridgehead atoms. The Bertz CT molecular complexity index is 230. The lowest BCUT2D eigenvalue weighted by Crippen LogP contribution is -2.29. The average Bonchev–Trinajstić information content (AvgIpc) is 2.25. The van der Waals surface area contributed by atoms with Crippen LogP contribution in [0, 0.1) is 0 Å². The zero-order valence-corrected chi connectivity index (χ0v) is 10.9. The normalized spacial score (nSPS) is 11.9. The molecule has 0 aromatic rings. The second-order valence-electron chi connectivity index (χ2n) is 4.32. The van der Waals surface area contributed by atoms with E-state index in [1.54, 1.807) is 0 Å². The van der Waals surface area contributed by atoms with Gasteiger partial charge in [0.15, 0.2) is 0 Å². The van der Waals surface area contributed by atoms with E-state index < -0.39 is 0 Å². The monoisotopic (exact) mass is 243 g/mol. The molecule has 5 heteroatoms. The van der Waals surface area contributed by atoms with Crippen molar-refractivity contribution in [2.45, 2.75) is 52.0 Å². The van der Waals surface area contributed by atoms with E-state index in [1.165, 1.54) is 0 Å². The SMILES string of the molecule is CCCNC(=O)CCCC(=O)NCCC(C)N. The van der Waals surface area contributed by atoms with E-state index in [0.717, 1.165) is 12.8 Å². The van der Waals surface area contributed by atoms with Crippen LogP contribution in [0.3, 0.4) is 0 Å². The summed E-state index contributed by atoms with van der Waals surface area (Å²) in [7, 11) is 0. The van der Waals surface area contributed by atoms with Crippen LogP contribution >= 0.6 is 0 Å². The van der Waals surface area contributed by atoms with Crippen LogP contribution in [0.5, 0.6) is 0 Å². The van der Waals surface area contributed by atoms with Gasteiger partial charge in [-0.3, -0.25) is 9.59 Å². The predicted octanol–water partition coefficient (Wildman–Crippen LogP) is 0.536. The number of nitrogens with two attached hydrogens (primary N) is 1. The van der Waals surface area contributed by atoms with Crippen molar-refractivity contribution in [2.24, 2.45) is 5.73 Å². The molecule has 4 N–H and O–H groups in total. The Balaban J connectivity index is 3.41. The minimum Gasteiger partial charge on any atom is -0.356 e. The van der Waals surface area contributed by atoms with Crippen LogP contribution in [0.4, 0.5) is 0 Å². The quantitative estimate of drug-likeness (QED) is 0.552. The van der Waals surface area contributed by atoms with Crippen molar-refractivity contribution in [1.29, 1.82) is 0 Å². The molecule has 5 nitrogen and oxygen atoms in total. The molecule has 17 heavy (non-hydrogen) atoms. The molecule has 0 spiro atoms. The van der Waals surface area contributed by atoms with Gasteiger partial charge in [-0.15, -0.1) is 0 Å². The zero-order valence-electron chi connectivity index (χ0n) is 10.9. The maximum atomic E-state index is 11.3. The summed E-state index contributed by atoms with van der Waals surface area (Å²) >= 11 is 0. The van der Waals surface area contributed by atoms with Crippen LogP contribution in [-0.4, -0.2) is 30.9 Å². The summed E-state index contributed by atoms with van der Waals surface area (Å²) in [6, 6.07) is 0.107. The van der Waals surface area contributed by atoms with Gasteiger partial charge in [0.2, 0.25) is 11.8 Å². The third-order valence-electron chi connectivity index (χ3n) is 2.30. The smallest absolute Gasteiger partial charge is 0.220 e. The molecular formula is C12H25N3O2. The van der Waals surface area contributed by atoms with Gasteiger partial charge in [-0.2, -0.15) is 0 Å². The molecule has 0 rings (SSSR count). The number of rotatable bonds is 9. The number of carbonyl (C=O) groups is 2. The molecule has 0 saturated heterocycles. The Morgan fingerprint density at radius 3 is 2.12 bits per heavy atom. The highest BCUT2D eigenvalue weighted by Crippen LogP contribution is 1.95. The Morgan fingerprint density at radius 1 is 1.12 bits per heavy atom. The molecular weight excluding hydrogens is 218 g/mol. The summed E-state index contributed by atoms with van der Waals surface area (Å²) in [5, 5.41) is 5.56. The summed E-state index contributed by atoms with van der Waals surface area (Å²) < 4.78 is 0. The molecule has 0 fully saturated rings. The Hall–Kier alpha value is -1.10. The first-order valence-electron chi connectivity index (χ1n) is 6.35. The first-order chi connectivity index (χ1) is 8.06. The zero-order chi connectivity index (χ0) is 13.1. The second-order valence-corrected chi connectivity index (χ2v) is 4.32. The van der Waals surface area contributed by atoms with Gasteiger partial charge in [0.25, 0.3) is 0 Å². The lowest BCUT2D eigenvalue weighted by molar-refractivity contribution is -0.122. The first kappa shape index (κ1) is 15.9. The lowest BCUT2D eigenvalue weighted by Gasteiger charge is -2.07. The highest BCUT2D eigenvalue weighted by atomic mass is 16.2. The van der Waals surface area contributed by atoms with Gasteiger partial charge in [-0.05, 0) is 26.2 Å². The van der Waals surface area contributed by atoms with E-state index in [4.69, 9.17) is 5.73 Å². The van der Waals surface area contributed by atoms with Crippen molar-refractivity contribution in [3.05, 3.63) is 0 Å². The van der Waals surface area contributed by atoms with E-state index in [9.17, 15) is 9.59 Å². The maximum absolute atomic E-state index is 11.3. The maximum Gasteiger partial charge on any atom is 0.220 e. The van der Waals surface area contributed by atoms with Crippen LogP contribution in [0.2, 0.25) is 0 Å². The fourth-order valence-electron chi connectivity index (χ4n) is 1.29. The summed E-state index contributed by atoms with van der Waals surface area (Å²) in [6.45, 7) is 5.23. The molecule has 0 aliphatic rings. The molecule has 0 heterocycles. The van der Waals surface area contributed by atoms with E-state index in [0.29, 0.717) is 32.4 Å². The van der Waals surface area contributed by atoms with Crippen molar-refractivity contribution in [1.82, 2.24) is 10.6 Å². The number of amides is 2. The molecule has 0 aliphatic heterocycles. The molecule has 0 radical (unpaired) electrons. The van der Waals surface area contributed by atoms with Crippen molar-refractivity contribution in [3.8, 4) is 0 Å². The summed E-state index contributed by atoms with van der Waals surface area (Å²) in [4.78, 5) is 22.6. The molecule has 1 unspecified atom stereocenters. The number of carbonyl (C=O) groups excluding carboxylic acids is 2. The molecule has 2 amide bonds.